The zero-order valence-electron chi connectivity index (χ0n) is 10.4. The van der Waals surface area contributed by atoms with Crippen molar-refractivity contribution < 1.29 is 0 Å². The van der Waals surface area contributed by atoms with Crippen molar-refractivity contribution in [1.29, 1.82) is 0 Å². The van der Waals surface area contributed by atoms with E-state index in [0.717, 1.165) is 16.9 Å². The summed E-state index contributed by atoms with van der Waals surface area (Å²) >= 11 is 8.87. The Balaban J connectivity index is 1.48. The van der Waals surface area contributed by atoms with Gasteiger partial charge in [0.2, 0.25) is 0 Å². The average molecular weight is 401 g/mol. The molecule has 0 radical (unpaired) electrons. The summed E-state index contributed by atoms with van der Waals surface area (Å²) in [5.74, 6) is 0.734. The smallest absolute Gasteiger partial charge is 0.0327 e. The predicted octanol–water partition coefficient (Wildman–Crippen LogP) is 5.31. The van der Waals surface area contributed by atoms with Gasteiger partial charge in [-0.3, -0.25) is 0 Å². The Hall–Kier alpha value is -0.160. The lowest BCUT2D eigenvalue weighted by Gasteiger charge is -2.36. The molecule has 3 rings (SSSR count). The van der Waals surface area contributed by atoms with Crippen LogP contribution in [0.25, 0.3) is 0 Å². The molecular weight excluding hydrogens is 386 g/mol. The van der Waals surface area contributed by atoms with Crippen LogP contribution in [0.2, 0.25) is 0 Å². The second kappa shape index (κ2) is 6.08. The van der Waals surface area contributed by atoms with Gasteiger partial charge < -0.3 is 5.32 Å². The Labute approximate surface area is 134 Å². The van der Waals surface area contributed by atoms with Gasteiger partial charge in [0, 0.05) is 26.4 Å². The summed E-state index contributed by atoms with van der Waals surface area (Å²) < 4.78 is 2.39. The maximum absolute atomic E-state index is 3.64. The van der Waals surface area contributed by atoms with Gasteiger partial charge in [0.15, 0.2) is 0 Å². The average Bonchev–Trinajstić information content (AvgIpc) is 2.75. The van der Waals surface area contributed by atoms with E-state index in [-0.39, 0.29) is 0 Å². The van der Waals surface area contributed by atoms with Crippen LogP contribution in [0.1, 0.15) is 29.2 Å². The van der Waals surface area contributed by atoms with E-state index in [2.05, 4.69) is 72.9 Å². The van der Waals surface area contributed by atoms with Crippen LogP contribution in [0.15, 0.2) is 44.7 Å². The summed E-state index contributed by atoms with van der Waals surface area (Å²) in [4.78, 5) is 1.40. The van der Waals surface area contributed by atoms with Crippen LogP contribution < -0.4 is 5.32 Å². The van der Waals surface area contributed by atoms with E-state index in [1.807, 2.05) is 11.3 Å². The summed E-state index contributed by atoms with van der Waals surface area (Å²) in [5.41, 5.74) is 1.47. The van der Waals surface area contributed by atoms with Crippen LogP contribution in [-0.2, 0) is 6.54 Å². The predicted molar refractivity (Wildman–Crippen MR) is 88.8 cm³/mol. The molecule has 1 saturated carbocycles. The molecule has 1 heterocycles. The number of hydrogen-bond acceptors (Lipinski definition) is 2. The minimum absolute atomic E-state index is 0.669. The number of nitrogens with one attached hydrogen (secondary N) is 1. The van der Waals surface area contributed by atoms with E-state index in [4.69, 9.17) is 0 Å². The second-order valence-electron chi connectivity index (χ2n) is 4.99. The molecular formula is C15H15Br2NS. The minimum Gasteiger partial charge on any atom is -0.309 e. The van der Waals surface area contributed by atoms with Crippen LogP contribution in [-0.4, -0.2) is 6.04 Å². The third kappa shape index (κ3) is 3.30. The van der Waals surface area contributed by atoms with E-state index >= 15 is 0 Å². The molecule has 0 saturated heterocycles. The molecule has 2 aromatic rings. The molecule has 1 aliphatic carbocycles. The third-order valence-electron chi connectivity index (χ3n) is 3.72. The highest BCUT2D eigenvalue weighted by atomic mass is 79.9. The van der Waals surface area contributed by atoms with Gasteiger partial charge in [-0.05, 0) is 63.8 Å². The highest BCUT2D eigenvalue weighted by Crippen LogP contribution is 2.37. The zero-order valence-corrected chi connectivity index (χ0v) is 14.4. The normalized spacial score (nSPS) is 22.2. The summed E-state index contributed by atoms with van der Waals surface area (Å²) in [7, 11) is 0. The molecule has 0 spiro atoms. The first-order valence-electron chi connectivity index (χ1n) is 6.43. The molecule has 4 heteroatoms. The van der Waals surface area contributed by atoms with Crippen LogP contribution in [0, 0.1) is 0 Å². The molecule has 1 fully saturated rings. The third-order valence-corrected chi connectivity index (χ3v) is 6.18. The standard InChI is InChI=1S/C15H15Br2NS/c16-12-3-1-10(2-4-12)11-7-13(8-11)18-9-15-14(17)5-6-19-15/h1-6,11,13,18H,7-9H2. The SMILES string of the molecule is Brc1ccc(C2CC(NCc3sccc3Br)C2)cc1. The maximum Gasteiger partial charge on any atom is 0.0327 e. The van der Waals surface area contributed by atoms with Gasteiger partial charge in [-0.25, -0.2) is 0 Å². The number of thiophene rings is 1. The first-order valence-corrected chi connectivity index (χ1v) is 8.89. The molecule has 0 aliphatic heterocycles. The Morgan fingerprint density at radius 3 is 2.47 bits per heavy atom. The summed E-state index contributed by atoms with van der Waals surface area (Å²) in [5, 5.41) is 5.78. The first-order chi connectivity index (χ1) is 9.22. The molecule has 100 valence electrons. The van der Waals surface area contributed by atoms with Gasteiger partial charge in [-0.15, -0.1) is 11.3 Å². The van der Waals surface area contributed by atoms with Crippen molar-refractivity contribution in [2.75, 3.05) is 0 Å². The van der Waals surface area contributed by atoms with Gasteiger partial charge in [0.1, 0.15) is 0 Å². The number of benzene rings is 1. The fourth-order valence-corrected chi connectivity index (χ4v) is 4.19. The van der Waals surface area contributed by atoms with Crippen molar-refractivity contribution in [3.8, 4) is 0 Å². The van der Waals surface area contributed by atoms with E-state index in [0.29, 0.717) is 6.04 Å². The monoisotopic (exact) mass is 399 g/mol. The molecule has 1 aromatic heterocycles. The lowest BCUT2D eigenvalue weighted by Crippen LogP contribution is -2.39. The Bertz CT molecular complexity index is 544. The van der Waals surface area contributed by atoms with Crippen molar-refractivity contribution in [2.24, 2.45) is 0 Å². The maximum atomic E-state index is 3.64. The highest BCUT2D eigenvalue weighted by molar-refractivity contribution is 9.10. The fraction of sp³-hybridized carbons (Fsp3) is 0.333. The highest BCUT2D eigenvalue weighted by Gasteiger charge is 2.29. The Kier molecular flexibility index (Phi) is 4.42. The summed E-state index contributed by atoms with van der Waals surface area (Å²) in [6.07, 6.45) is 2.51. The number of hydrogen-bond donors (Lipinski definition) is 1. The van der Waals surface area contributed by atoms with Crippen LogP contribution in [0.5, 0.6) is 0 Å². The van der Waals surface area contributed by atoms with E-state index in [1.54, 1.807) is 0 Å². The molecule has 0 unspecified atom stereocenters. The molecule has 1 aliphatic rings. The van der Waals surface area contributed by atoms with Crippen molar-refractivity contribution in [3.05, 3.63) is 55.1 Å². The van der Waals surface area contributed by atoms with E-state index in [1.165, 1.54) is 27.8 Å². The molecule has 0 bridgehead atoms. The zero-order chi connectivity index (χ0) is 13.2. The fourth-order valence-electron chi connectivity index (χ4n) is 2.48. The van der Waals surface area contributed by atoms with E-state index in [9.17, 15) is 0 Å². The molecule has 1 N–H and O–H groups in total. The van der Waals surface area contributed by atoms with Crippen molar-refractivity contribution in [2.45, 2.75) is 31.3 Å². The molecule has 1 aromatic carbocycles. The van der Waals surface area contributed by atoms with Crippen molar-refractivity contribution in [1.82, 2.24) is 5.32 Å². The lowest BCUT2D eigenvalue weighted by molar-refractivity contribution is 0.290. The first kappa shape index (κ1) is 13.8. The van der Waals surface area contributed by atoms with Crippen LogP contribution >= 0.6 is 43.2 Å². The number of halogens is 2. The minimum atomic E-state index is 0.669. The Morgan fingerprint density at radius 2 is 1.84 bits per heavy atom. The Morgan fingerprint density at radius 1 is 1.11 bits per heavy atom. The topological polar surface area (TPSA) is 12.0 Å². The van der Waals surface area contributed by atoms with Gasteiger partial charge in [-0.1, -0.05) is 28.1 Å². The molecule has 0 atom stereocenters. The van der Waals surface area contributed by atoms with Gasteiger partial charge in [0.05, 0.1) is 0 Å². The van der Waals surface area contributed by atoms with Gasteiger partial charge in [-0.2, -0.15) is 0 Å². The largest absolute Gasteiger partial charge is 0.309 e. The molecule has 19 heavy (non-hydrogen) atoms. The van der Waals surface area contributed by atoms with Crippen molar-refractivity contribution >= 4 is 43.2 Å². The molecule has 1 nitrogen and oxygen atoms in total. The van der Waals surface area contributed by atoms with Crippen LogP contribution in [0.3, 0.4) is 0 Å². The molecule has 0 amide bonds. The van der Waals surface area contributed by atoms with Crippen molar-refractivity contribution in [3.63, 3.8) is 0 Å². The van der Waals surface area contributed by atoms with Gasteiger partial charge >= 0.3 is 0 Å². The number of rotatable bonds is 4. The quantitative estimate of drug-likeness (QED) is 0.733. The lowest BCUT2D eigenvalue weighted by atomic mass is 9.76. The summed E-state index contributed by atoms with van der Waals surface area (Å²) in [6.45, 7) is 0.982. The second-order valence-corrected chi connectivity index (χ2v) is 7.76. The van der Waals surface area contributed by atoms with Gasteiger partial charge in [0.25, 0.3) is 0 Å². The summed E-state index contributed by atoms with van der Waals surface area (Å²) in [6, 6.07) is 11.5. The van der Waals surface area contributed by atoms with E-state index < -0.39 is 0 Å². The van der Waals surface area contributed by atoms with Crippen LogP contribution in [0.4, 0.5) is 0 Å².